The molecular weight excluding hydrogens is 347 g/mol. The number of halogens is 3. The number of nitrogens with zero attached hydrogens (tertiary/aromatic N) is 1. The van der Waals surface area contributed by atoms with Crippen LogP contribution in [0.15, 0.2) is 21.5 Å². The molecule has 2 rings (SSSR count). The molecule has 0 spiro atoms. The second-order valence-corrected chi connectivity index (χ2v) is 7.25. The molecule has 0 aromatic heterocycles. The van der Waals surface area contributed by atoms with Gasteiger partial charge >= 0.3 is 0 Å². The van der Waals surface area contributed by atoms with E-state index in [2.05, 4.69) is 15.9 Å². The number of sulfonamides is 1. The molecule has 0 saturated carbocycles. The predicted molar refractivity (Wildman–Crippen MR) is 70.5 cm³/mol. The Bertz CT molecular complexity index is 558. The molecule has 1 saturated heterocycles. The highest BCUT2D eigenvalue weighted by Gasteiger charge is 2.34. The lowest BCUT2D eigenvalue weighted by Crippen LogP contribution is -2.32. The quantitative estimate of drug-likeness (QED) is 0.880. The van der Waals surface area contributed by atoms with E-state index in [9.17, 15) is 12.8 Å². The van der Waals surface area contributed by atoms with E-state index in [1.165, 1.54) is 4.31 Å². The number of benzene rings is 1. The maximum atomic E-state index is 13.1. The van der Waals surface area contributed by atoms with Crippen molar-refractivity contribution in [3.8, 4) is 0 Å². The SMILES string of the molecule is N[C@H]1CCN(S(=O)(=O)c2c(Cl)cc(F)cc2Br)C1. The van der Waals surface area contributed by atoms with Crippen LogP contribution in [0.3, 0.4) is 0 Å². The fraction of sp³-hybridized carbons (Fsp3) is 0.400. The molecule has 18 heavy (non-hydrogen) atoms. The van der Waals surface area contributed by atoms with Gasteiger partial charge in [0.2, 0.25) is 10.0 Å². The molecule has 0 radical (unpaired) electrons. The predicted octanol–water partition coefficient (Wildman–Crippen LogP) is 1.96. The van der Waals surface area contributed by atoms with E-state index in [1.54, 1.807) is 0 Å². The minimum Gasteiger partial charge on any atom is -0.326 e. The van der Waals surface area contributed by atoms with Crippen LogP contribution in [-0.4, -0.2) is 31.9 Å². The Hall–Kier alpha value is -0.210. The zero-order chi connectivity index (χ0) is 13.5. The van der Waals surface area contributed by atoms with Crippen LogP contribution in [0.2, 0.25) is 5.02 Å². The van der Waals surface area contributed by atoms with Gasteiger partial charge < -0.3 is 5.73 Å². The third-order valence-electron chi connectivity index (χ3n) is 2.75. The number of hydrogen-bond donors (Lipinski definition) is 1. The van der Waals surface area contributed by atoms with Gasteiger partial charge in [-0.15, -0.1) is 0 Å². The molecule has 1 aromatic rings. The van der Waals surface area contributed by atoms with Crippen LogP contribution in [-0.2, 0) is 10.0 Å². The summed E-state index contributed by atoms with van der Waals surface area (Å²) in [6.45, 7) is 0.603. The highest BCUT2D eigenvalue weighted by Crippen LogP contribution is 2.33. The molecule has 0 aliphatic carbocycles. The van der Waals surface area contributed by atoms with Gasteiger partial charge in [0.25, 0.3) is 0 Å². The summed E-state index contributed by atoms with van der Waals surface area (Å²) in [5.41, 5.74) is 5.69. The van der Waals surface area contributed by atoms with Gasteiger partial charge in [-0.3, -0.25) is 0 Å². The van der Waals surface area contributed by atoms with E-state index in [-0.39, 0.29) is 27.0 Å². The second-order valence-electron chi connectivity index (χ2n) is 4.11. The summed E-state index contributed by atoms with van der Waals surface area (Å²) in [7, 11) is -3.74. The van der Waals surface area contributed by atoms with Crippen molar-refractivity contribution in [1.29, 1.82) is 0 Å². The van der Waals surface area contributed by atoms with Crippen LogP contribution in [0.4, 0.5) is 4.39 Å². The fourth-order valence-corrected chi connectivity index (χ4v) is 5.14. The van der Waals surface area contributed by atoms with Crippen molar-refractivity contribution in [2.75, 3.05) is 13.1 Å². The highest BCUT2D eigenvalue weighted by atomic mass is 79.9. The van der Waals surface area contributed by atoms with Crippen LogP contribution >= 0.6 is 27.5 Å². The maximum Gasteiger partial charge on any atom is 0.245 e. The first-order chi connectivity index (χ1) is 8.32. The van der Waals surface area contributed by atoms with Crippen molar-refractivity contribution in [3.63, 3.8) is 0 Å². The van der Waals surface area contributed by atoms with Crippen LogP contribution in [0.1, 0.15) is 6.42 Å². The normalized spacial score (nSPS) is 21.4. The molecule has 4 nitrogen and oxygen atoms in total. The molecule has 0 bridgehead atoms. The molecule has 2 N–H and O–H groups in total. The third kappa shape index (κ3) is 2.55. The van der Waals surface area contributed by atoms with Gasteiger partial charge in [0.05, 0.1) is 5.02 Å². The molecule has 1 aliphatic heterocycles. The van der Waals surface area contributed by atoms with Crippen LogP contribution in [0, 0.1) is 5.82 Å². The Morgan fingerprint density at radius 1 is 1.50 bits per heavy atom. The molecule has 1 aromatic carbocycles. The first-order valence-electron chi connectivity index (χ1n) is 5.22. The zero-order valence-electron chi connectivity index (χ0n) is 9.24. The molecule has 1 fully saturated rings. The van der Waals surface area contributed by atoms with Gasteiger partial charge in [0, 0.05) is 23.6 Å². The Kier molecular flexibility index (Phi) is 3.99. The monoisotopic (exact) mass is 356 g/mol. The van der Waals surface area contributed by atoms with Crippen molar-refractivity contribution in [2.45, 2.75) is 17.4 Å². The van der Waals surface area contributed by atoms with Gasteiger partial charge in [-0.05, 0) is 34.5 Å². The van der Waals surface area contributed by atoms with Gasteiger partial charge in [0.15, 0.2) is 0 Å². The van der Waals surface area contributed by atoms with Gasteiger partial charge in [0.1, 0.15) is 10.7 Å². The number of rotatable bonds is 2. The van der Waals surface area contributed by atoms with Crippen molar-refractivity contribution in [3.05, 3.63) is 27.4 Å². The van der Waals surface area contributed by atoms with Crippen LogP contribution < -0.4 is 5.73 Å². The number of nitrogens with two attached hydrogens (primary N) is 1. The van der Waals surface area contributed by atoms with Crippen molar-refractivity contribution >= 4 is 37.6 Å². The summed E-state index contributed by atoms with van der Waals surface area (Å²) < 4.78 is 39.2. The summed E-state index contributed by atoms with van der Waals surface area (Å²) in [5, 5.41) is -0.137. The van der Waals surface area contributed by atoms with Crippen molar-refractivity contribution in [2.24, 2.45) is 5.73 Å². The average Bonchev–Trinajstić information content (AvgIpc) is 2.63. The van der Waals surface area contributed by atoms with E-state index in [0.29, 0.717) is 13.0 Å². The standard InChI is InChI=1S/C10H11BrClFN2O2S/c11-8-3-6(13)4-9(12)10(8)18(16,17)15-2-1-7(14)5-15/h3-4,7H,1-2,5,14H2/t7-/m0/s1. The maximum absolute atomic E-state index is 13.1. The lowest BCUT2D eigenvalue weighted by molar-refractivity contribution is 0.472. The molecule has 100 valence electrons. The topological polar surface area (TPSA) is 63.4 Å². The molecule has 1 heterocycles. The lowest BCUT2D eigenvalue weighted by Gasteiger charge is -2.18. The van der Waals surface area contributed by atoms with Gasteiger partial charge in [-0.1, -0.05) is 11.6 Å². The minimum absolute atomic E-state index is 0.111. The van der Waals surface area contributed by atoms with Gasteiger partial charge in [-0.25, -0.2) is 12.8 Å². The van der Waals surface area contributed by atoms with E-state index < -0.39 is 15.8 Å². The number of hydrogen-bond acceptors (Lipinski definition) is 3. The summed E-state index contributed by atoms with van der Waals surface area (Å²) >= 11 is 8.86. The third-order valence-corrected chi connectivity index (χ3v) is 6.01. The molecule has 1 atom stereocenters. The van der Waals surface area contributed by atoms with Crippen LogP contribution in [0.25, 0.3) is 0 Å². The summed E-state index contributed by atoms with van der Waals surface area (Å²) in [4.78, 5) is -0.111. The Morgan fingerprint density at radius 3 is 2.67 bits per heavy atom. The molecule has 8 heteroatoms. The van der Waals surface area contributed by atoms with E-state index in [4.69, 9.17) is 17.3 Å². The smallest absolute Gasteiger partial charge is 0.245 e. The van der Waals surface area contributed by atoms with E-state index in [0.717, 1.165) is 12.1 Å². The molecule has 0 amide bonds. The first kappa shape index (κ1) is 14.2. The first-order valence-corrected chi connectivity index (χ1v) is 7.83. The summed E-state index contributed by atoms with van der Waals surface area (Å²) in [6.07, 6.45) is 0.607. The summed E-state index contributed by atoms with van der Waals surface area (Å²) in [6, 6.07) is 1.89. The molecule has 0 unspecified atom stereocenters. The minimum atomic E-state index is -3.74. The van der Waals surface area contributed by atoms with E-state index >= 15 is 0 Å². The average molecular weight is 358 g/mol. The van der Waals surface area contributed by atoms with E-state index in [1.807, 2.05) is 0 Å². The Balaban J connectivity index is 2.48. The van der Waals surface area contributed by atoms with Gasteiger partial charge in [-0.2, -0.15) is 4.31 Å². The fourth-order valence-electron chi connectivity index (χ4n) is 1.88. The Labute approximate surface area is 118 Å². The molecular formula is C10H11BrClFN2O2S. The lowest BCUT2D eigenvalue weighted by atomic mass is 10.3. The summed E-state index contributed by atoms with van der Waals surface area (Å²) in [5.74, 6) is -0.594. The molecule has 1 aliphatic rings. The second kappa shape index (κ2) is 5.05. The van der Waals surface area contributed by atoms with Crippen molar-refractivity contribution in [1.82, 2.24) is 4.31 Å². The van der Waals surface area contributed by atoms with Crippen LogP contribution in [0.5, 0.6) is 0 Å². The highest BCUT2D eigenvalue weighted by molar-refractivity contribution is 9.10. The largest absolute Gasteiger partial charge is 0.326 e. The Morgan fingerprint density at radius 2 is 2.17 bits per heavy atom. The zero-order valence-corrected chi connectivity index (χ0v) is 12.4. The van der Waals surface area contributed by atoms with Crippen molar-refractivity contribution < 1.29 is 12.8 Å².